The highest BCUT2D eigenvalue weighted by Crippen LogP contribution is 2.30. The van der Waals surface area contributed by atoms with E-state index in [-0.39, 0.29) is 25.0 Å². The summed E-state index contributed by atoms with van der Waals surface area (Å²) in [7, 11) is 1.51. The number of fused-ring (bicyclic) bond motifs is 2. The number of para-hydroxylation sites is 2. The molecule has 4 rings (SSSR count). The van der Waals surface area contributed by atoms with Crippen LogP contribution >= 0.6 is 0 Å². The lowest BCUT2D eigenvalue weighted by Gasteiger charge is -2.17. The van der Waals surface area contributed by atoms with Gasteiger partial charge in [0.05, 0.1) is 17.4 Å². The first-order chi connectivity index (χ1) is 13.2. The minimum absolute atomic E-state index is 0.0555. The summed E-state index contributed by atoms with van der Waals surface area (Å²) in [5, 5.41) is 2.93. The van der Waals surface area contributed by atoms with E-state index in [9.17, 15) is 9.59 Å². The van der Waals surface area contributed by atoms with Crippen molar-refractivity contribution in [1.29, 1.82) is 0 Å². The van der Waals surface area contributed by atoms with E-state index in [4.69, 9.17) is 4.74 Å². The molecule has 7 nitrogen and oxygen atoms in total. The summed E-state index contributed by atoms with van der Waals surface area (Å²) in [6.45, 7) is 0.892. The number of nitrogens with one attached hydrogen (secondary N) is 1. The molecule has 2 amide bonds. The number of methoxy groups -OCH3 is 1. The maximum atomic E-state index is 12.4. The Hall–Kier alpha value is -3.19. The molecule has 0 saturated carbocycles. The van der Waals surface area contributed by atoms with Gasteiger partial charge >= 0.3 is 0 Å². The molecule has 0 radical (unpaired) electrons. The molecule has 2 aromatic carbocycles. The first-order valence-corrected chi connectivity index (χ1v) is 8.77. The Labute approximate surface area is 156 Å². The molecule has 0 fully saturated rings. The molecule has 27 heavy (non-hydrogen) atoms. The Morgan fingerprint density at radius 3 is 2.93 bits per heavy atom. The highest BCUT2D eigenvalue weighted by atomic mass is 16.5. The topological polar surface area (TPSA) is 76.5 Å². The van der Waals surface area contributed by atoms with Gasteiger partial charge in [0.2, 0.25) is 5.91 Å². The fraction of sp³-hybridized carbons (Fsp3) is 0.250. The first kappa shape index (κ1) is 17.2. The Morgan fingerprint density at radius 1 is 1.22 bits per heavy atom. The van der Waals surface area contributed by atoms with Gasteiger partial charge in [-0.25, -0.2) is 4.98 Å². The molecule has 0 aliphatic carbocycles. The van der Waals surface area contributed by atoms with E-state index in [0.29, 0.717) is 6.54 Å². The number of carbonyl (C=O) groups excluding carboxylic acids is 2. The van der Waals surface area contributed by atoms with Crippen molar-refractivity contribution in [1.82, 2.24) is 9.55 Å². The molecular formula is C20H20N4O3. The lowest BCUT2D eigenvalue weighted by molar-refractivity contribution is -0.122. The SMILES string of the molecule is COCC(=O)N1CCc2cc(NC(=O)Cn3cnc4ccccc43)ccc21. The molecule has 1 aromatic heterocycles. The van der Waals surface area contributed by atoms with Crippen molar-refractivity contribution in [3.8, 4) is 0 Å². The van der Waals surface area contributed by atoms with Gasteiger partial charge in [0.1, 0.15) is 13.2 Å². The van der Waals surface area contributed by atoms with Gasteiger partial charge in [-0.3, -0.25) is 9.59 Å². The number of ether oxygens (including phenoxy) is 1. The van der Waals surface area contributed by atoms with Crippen LogP contribution in [0.15, 0.2) is 48.8 Å². The van der Waals surface area contributed by atoms with Crippen molar-refractivity contribution >= 4 is 34.2 Å². The van der Waals surface area contributed by atoms with Crippen LogP contribution in [0.2, 0.25) is 0 Å². The van der Waals surface area contributed by atoms with E-state index in [1.54, 1.807) is 11.2 Å². The number of rotatable bonds is 5. The van der Waals surface area contributed by atoms with Gasteiger partial charge < -0.3 is 19.5 Å². The van der Waals surface area contributed by atoms with Crippen LogP contribution in [-0.2, 0) is 27.3 Å². The number of benzene rings is 2. The maximum Gasteiger partial charge on any atom is 0.252 e. The van der Waals surface area contributed by atoms with Crippen LogP contribution in [0.3, 0.4) is 0 Å². The van der Waals surface area contributed by atoms with Crippen LogP contribution < -0.4 is 10.2 Å². The first-order valence-electron chi connectivity index (χ1n) is 8.77. The molecule has 3 aromatic rings. The second-order valence-electron chi connectivity index (χ2n) is 6.48. The van der Waals surface area contributed by atoms with Crippen molar-refractivity contribution in [3.63, 3.8) is 0 Å². The van der Waals surface area contributed by atoms with Crippen molar-refractivity contribution < 1.29 is 14.3 Å². The lowest BCUT2D eigenvalue weighted by Crippen LogP contribution is -2.31. The molecule has 0 unspecified atom stereocenters. The molecule has 7 heteroatoms. The number of anilines is 2. The number of amides is 2. The van der Waals surface area contributed by atoms with E-state index in [1.807, 2.05) is 47.0 Å². The van der Waals surface area contributed by atoms with Gasteiger partial charge in [-0.15, -0.1) is 0 Å². The lowest BCUT2D eigenvalue weighted by atomic mass is 10.1. The molecular weight excluding hydrogens is 344 g/mol. The van der Waals surface area contributed by atoms with Crippen LogP contribution in [0.25, 0.3) is 11.0 Å². The third kappa shape index (κ3) is 3.41. The number of hydrogen-bond donors (Lipinski definition) is 1. The normalized spacial score (nSPS) is 13.0. The molecule has 0 bridgehead atoms. The highest BCUT2D eigenvalue weighted by molar-refractivity contribution is 5.97. The fourth-order valence-corrected chi connectivity index (χ4v) is 3.43. The monoisotopic (exact) mass is 364 g/mol. The average molecular weight is 364 g/mol. The van der Waals surface area contributed by atoms with E-state index < -0.39 is 0 Å². The third-order valence-electron chi connectivity index (χ3n) is 4.67. The van der Waals surface area contributed by atoms with Crippen LogP contribution in [0.4, 0.5) is 11.4 Å². The summed E-state index contributed by atoms with van der Waals surface area (Å²) in [5.41, 5.74) is 4.45. The zero-order valence-electron chi connectivity index (χ0n) is 15.0. The minimum atomic E-state index is -0.122. The van der Waals surface area contributed by atoms with Gasteiger partial charge in [-0.2, -0.15) is 0 Å². The quantitative estimate of drug-likeness (QED) is 0.753. The number of nitrogens with zero attached hydrogens (tertiary/aromatic N) is 3. The smallest absolute Gasteiger partial charge is 0.252 e. The highest BCUT2D eigenvalue weighted by Gasteiger charge is 2.24. The zero-order chi connectivity index (χ0) is 18.8. The van der Waals surface area contributed by atoms with Crippen molar-refractivity contribution in [2.24, 2.45) is 0 Å². The van der Waals surface area contributed by atoms with Crippen molar-refractivity contribution in [2.45, 2.75) is 13.0 Å². The van der Waals surface area contributed by atoms with Gasteiger partial charge in [-0.1, -0.05) is 12.1 Å². The molecule has 1 aliphatic rings. The summed E-state index contributed by atoms with van der Waals surface area (Å²) in [6.07, 6.45) is 2.44. The molecule has 0 atom stereocenters. The van der Waals surface area contributed by atoms with E-state index in [2.05, 4.69) is 10.3 Å². The van der Waals surface area contributed by atoms with E-state index in [0.717, 1.165) is 34.4 Å². The largest absolute Gasteiger partial charge is 0.375 e. The minimum Gasteiger partial charge on any atom is -0.375 e. The third-order valence-corrected chi connectivity index (χ3v) is 4.67. The number of carbonyl (C=O) groups is 2. The fourth-order valence-electron chi connectivity index (χ4n) is 3.43. The Balaban J connectivity index is 1.46. The average Bonchev–Trinajstić information content (AvgIpc) is 3.26. The van der Waals surface area contributed by atoms with Crippen LogP contribution in [0.5, 0.6) is 0 Å². The van der Waals surface area contributed by atoms with Crippen molar-refractivity contribution in [2.75, 3.05) is 30.5 Å². The summed E-state index contributed by atoms with van der Waals surface area (Å²) in [4.78, 5) is 30.5. The predicted octanol–water partition coefficient (Wildman–Crippen LogP) is 2.21. The summed E-state index contributed by atoms with van der Waals surface area (Å²) in [5.74, 6) is -0.177. The van der Waals surface area contributed by atoms with Crippen LogP contribution in [0, 0.1) is 0 Å². The summed E-state index contributed by atoms with van der Waals surface area (Å²) >= 11 is 0. The Kier molecular flexibility index (Phi) is 4.60. The van der Waals surface area contributed by atoms with Crippen molar-refractivity contribution in [3.05, 3.63) is 54.4 Å². The van der Waals surface area contributed by atoms with Gasteiger partial charge in [0, 0.05) is 25.0 Å². The van der Waals surface area contributed by atoms with E-state index in [1.165, 1.54) is 7.11 Å². The second-order valence-corrected chi connectivity index (χ2v) is 6.48. The Bertz CT molecular complexity index is 1010. The number of imidazole rings is 1. The van der Waals surface area contributed by atoms with Gasteiger partial charge in [-0.05, 0) is 42.3 Å². The van der Waals surface area contributed by atoms with Gasteiger partial charge in [0.15, 0.2) is 0 Å². The Morgan fingerprint density at radius 2 is 2.07 bits per heavy atom. The molecule has 1 N–H and O–H groups in total. The second kappa shape index (κ2) is 7.20. The number of hydrogen-bond acceptors (Lipinski definition) is 4. The number of aromatic nitrogens is 2. The summed E-state index contributed by atoms with van der Waals surface area (Å²) < 4.78 is 6.75. The summed E-state index contributed by atoms with van der Waals surface area (Å²) in [6, 6.07) is 13.3. The molecule has 138 valence electrons. The van der Waals surface area contributed by atoms with Crippen LogP contribution in [-0.4, -0.2) is 41.6 Å². The predicted molar refractivity (Wildman–Crippen MR) is 103 cm³/mol. The maximum absolute atomic E-state index is 12.4. The molecule has 2 heterocycles. The standard InChI is InChI=1S/C20H20N4O3/c1-27-12-20(26)24-9-8-14-10-15(6-7-17(14)24)22-19(25)11-23-13-21-16-4-2-3-5-18(16)23/h2-7,10,13H,8-9,11-12H2,1H3,(H,22,25). The molecule has 1 aliphatic heterocycles. The van der Waals surface area contributed by atoms with Gasteiger partial charge in [0.25, 0.3) is 5.91 Å². The van der Waals surface area contributed by atoms with E-state index >= 15 is 0 Å². The zero-order valence-corrected chi connectivity index (χ0v) is 15.0. The van der Waals surface area contributed by atoms with Crippen LogP contribution in [0.1, 0.15) is 5.56 Å². The molecule has 0 spiro atoms. The molecule has 0 saturated heterocycles.